The lowest BCUT2D eigenvalue weighted by Crippen LogP contribution is -2.44. The number of benzene rings is 1. The van der Waals surface area contributed by atoms with E-state index in [0.29, 0.717) is 38.6 Å². The summed E-state index contributed by atoms with van der Waals surface area (Å²) in [6.07, 6.45) is 1.13. The number of anilines is 1. The number of hydrogen-bond acceptors (Lipinski definition) is 2. The van der Waals surface area contributed by atoms with E-state index in [1.165, 1.54) is 18.2 Å². The van der Waals surface area contributed by atoms with Gasteiger partial charge in [0.2, 0.25) is 0 Å². The molecule has 0 bridgehead atoms. The second-order valence-corrected chi connectivity index (χ2v) is 5.45. The van der Waals surface area contributed by atoms with Gasteiger partial charge in [-0.1, -0.05) is 6.07 Å². The Hall–Kier alpha value is -1.19. The number of nitrogens with zero attached hydrogens (tertiary/aromatic N) is 2. The van der Waals surface area contributed by atoms with Gasteiger partial charge in [0.25, 0.3) is 0 Å². The zero-order valence-electron chi connectivity index (χ0n) is 13.7. The second-order valence-electron chi connectivity index (χ2n) is 5.45. The van der Waals surface area contributed by atoms with Crippen molar-refractivity contribution in [1.82, 2.24) is 10.6 Å². The van der Waals surface area contributed by atoms with Gasteiger partial charge in [-0.15, -0.1) is 24.0 Å². The summed E-state index contributed by atoms with van der Waals surface area (Å²) >= 11 is 0. The van der Waals surface area contributed by atoms with Crippen molar-refractivity contribution >= 4 is 35.6 Å². The van der Waals surface area contributed by atoms with E-state index in [-0.39, 0.29) is 35.7 Å². The summed E-state index contributed by atoms with van der Waals surface area (Å²) in [6.45, 7) is 3.71. The van der Waals surface area contributed by atoms with E-state index >= 15 is 0 Å². The van der Waals surface area contributed by atoms with Crippen LogP contribution in [0.1, 0.15) is 19.8 Å². The van der Waals surface area contributed by atoms with Gasteiger partial charge >= 0.3 is 0 Å². The third kappa shape index (κ3) is 5.71. The van der Waals surface area contributed by atoms with Gasteiger partial charge < -0.3 is 15.5 Å². The molecule has 1 heterocycles. The molecule has 2 rings (SSSR count). The first-order chi connectivity index (χ1) is 11.2. The number of guanidine groups is 1. The number of alkyl halides is 1. The Morgan fingerprint density at radius 3 is 2.67 bits per heavy atom. The minimum atomic E-state index is -0.547. The smallest absolute Gasteiger partial charge is 0.191 e. The number of hydrogen-bond donors (Lipinski definition) is 2. The van der Waals surface area contributed by atoms with Crippen molar-refractivity contribution in [2.45, 2.75) is 25.8 Å². The molecular formula is C16H24F3IN4. The molecule has 136 valence electrons. The van der Waals surface area contributed by atoms with Crippen LogP contribution in [0.15, 0.2) is 23.2 Å². The van der Waals surface area contributed by atoms with Crippen LogP contribution in [0.4, 0.5) is 18.9 Å². The molecule has 2 N–H and O–H groups in total. The van der Waals surface area contributed by atoms with Crippen LogP contribution < -0.4 is 15.5 Å². The third-order valence-corrected chi connectivity index (χ3v) is 3.69. The maximum Gasteiger partial charge on any atom is 0.191 e. The highest BCUT2D eigenvalue weighted by Gasteiger charge is 2.27. The summed E-state index contributed by atoms with van der Waals surface area (Å²) in [5.74, 6) is -0.481. The van der Waals surface area contributed by atoms with Gasteiger partial charge in [0.15, 0.2) is 5.96 Å². The molecule has 1 saturated heterocycles. The zero-order valence-corrected chi connectivity index (χ0v) is 16.0. The van der Waals surface area contributed by atoms with Crippen molar-refractivity contribution in [2.75, 3.05) is 37.8 Å². The zero-order chi connectivity index (χ0) is 16.7. The number of halogens is 4. The first-order valence-electron chi connectivity index (χ1n) is 7.95. The molecule has 24 heavy (non-hydrogen) atoms. The van der Waals surface area contributed by atoms with E-state index in [1.54, 1.807) is 4.90 Å². The highest BCUT2D eigenvalue weighted by atomic mass is 127. The third-order valence-electron chi connectivity index (χ3n) is 3.69. The van der Waals surface area contributed by atoms with Crippen LogP contribution in [0.25, 0.3) is 0 Å². The Morgan fingerprint density at radius 1 is 1.33 bits per heavy atom. The summed E-state index contributed by atoms with van der Waals surface area (Å²) in [6, 6.07) is 3.93. The standard InChI is InChI=1S/C16H23F3N4.HI/c1-2-20-16(21-9-4-8-17)22-12-7-10-23(11-12)15-13(18)5-3-6-14(15)19;/h3,5-6,12H,2,4,7-11H2,1H3,(H2,20,21,22);1H. The van der Waals surface area contributed by atoms with Gasteiger partial charge in [0.05, 0.1) is 6.67 Å². The molecule has 1 unspecified atom stereocenters. The Bertz CT molecular complexity index is 522. The van der Waals surface area contributed by atoms with Crippen molar-refractivity contribution in [3.63, 3.8) is 0 Å². The number of rotatable bonds is 6. The maximum atomic E-state index is 13.8. The van der Waals surface area contributed by atoms with Crippen LogP contribution in [0.2, 0.25) is 0 Å². The average molecular weight is 456 g/mol. The Labute approximate surface area is 157 Å². The molecule has 0 aliphatic carbocycles. The summed E-state index contributed by atoms with van der Waals surface area (Å²) < 4.78 is 39.9. The monoisotopic (exact) mass is 456 g/mol. The fourth-order valence-electron chi connectivity index (χ4n) is 2.64. The van der Waals surface area contributed by atoms with Gasteiger partial charge in [-0.2, -0.15) is 0 Å². The topological polar surface area (TPSA) is 39.7 Å². The lowest BCUT2D eigenvalue weighted by atomic mass is 10.2. The summed E-state index contributed by atoms with van der Waals surface area (Å²) in [5.41, 5.74) is 0.0242. The molecule has 0 spiro atoms. The molecule has 0 amide bonds. The molecule has 1 aromatic carbocycles. The predicted octanol–water partition coefficient (Wildman–Crippen LogP) is 3.08. The van der Waals surface area contributed by atoms with E-state index in [1.807, 2.05) is 6.92 Å². The van der Waals surface area contributed by atoms with Crippen LogP contribution in [0.5, 0.6) is 0 Å². The highest BCUT2D eigenvalue weighted by Crippen LogP contribution is 2.26. The van der Waals surface area contributed by atoms with Crippen molar-refractivity contribution < 1.29 is 13.2 Å². The van der Waals surface area contributed by atoms with Gasteiger partial charge in [-0.3, -0.25) is 9.38 Å². The van der Waals surface area contributed by atoms with Gasteiger partial charge in [-0.25, -0.2) is 8.78 Å². The molecule has 0 radical (unpaired) electrons. The average Bonchev–Trinajstić information content (AvgIpc) is 2.95. The number of aliphatic imine (C=N–C) groups is 1. The normalized spacial score (nSPS) is 17.6. The molecule has 0 saturated carbocycles. The van der Waals surface area contributed by atoms with Crippen molar-refractivity contribution in [2.24, 2.45) is 4.99 Å². The number of para-hydroxylation sites is 1. The van der Waals surface area contributed by atoms with Gasteiger partial charge in [0, 0.05) is 32.2 Å². The molecular weight excluding hydrogens is 432 g/mol. The largest absolute Gasteiger partial charge is 0.365 e. The minimum absolute atomic E-state index is 0. The Balaban J connectivity index is 0.00000288. The molecule has 1 aliphatic heterocycles. The van der Waals surface area contributed by atoms with E-state index in [4.69, 9.17) is 0 Å². The summed E-state index contributed by atoms with van der Waals surface area (Å²) in [7, 11) is 0. The van der Waals surface area contributed by atoms with Crippen LogP contribution in [-0.2, 0) is 0 Å². The molecule has 4 nitrogen and oxygen atoms in total. The van der Waals surface area contributed by atoms with Gasteiger partial charge in [-0.05, 0) is 31.9 Å². The first kappa shape index (κ1) is 20.9. The first-order valence-corrected chi connectivity index (χ1v) is 7.95. The summed E-state index contributed by atoms with van der Waals surface area (Å²) in [4.78, 5) is 5.99. The lowest BCUT2D eigenvalue weighted by molar-refractivity contribution is 0.477. The van der Waals surface area contributed by atoms with E-state index in [2.05, 4.69) is 15.6 Å². The van der Waals surface area contributed by atoms with Crippen LogP contribution in [-0.4, -0.2) is 44.9 Å². The van der Waals surface area contributed by atoms with Crippen molar-refractivity contribution in [3.8, 4) is 0 Å². The molecule has 1 atom stereocenters. The molecule has 1 aromatic rings. The van der Waals surface area contributed by atoms with E-state index < -0.39 is 18.3 Å². The molecule has 0 aromatic heterocycles. The lowest BCUT2D eigenvalue weighted by Gasteiger charge is -2.21. The quantitative estimate of drug-likeness (QED) is 0.299. The Morgan fingerprint density at radius 2 is 2.04 bits per heavy atom. The maximum absolute atomic E-state index is 13.8. The summed E-state index contributed by atoms with van der Waals surface area (Å²) in [5, 5.41) is 6.34. The second kappa shape index (κ2) is 10.6. The number of nitrogens with one attached hydrogen (secondary N) is 2. The Kier molecular flexibility index (Phi) is 9.24. The van der Waals surface area contributed by atoms with Crippen LogP contribution in [0, 0.1) is 11.6 Å². The molecule has 1 fully saturated rings. The fourth-order valence-corrected chi connectivity index (χ4v) is 2.64. The van der Waals surface area contributed by atoms with Crippen LogP contribution >= 0.6 is 24.0 Å². The molecule has 8 heteroatoms. The molecule has 1 aliphatic rings. The van der Waals surface area contributed by atoms with Crippen LogP contribution in [0.3, 0.4) is 0 Å². The fraction of sp³-hybridized carbons (Fsp3) is 0.562. The minimum Gasteiger partial charge on any atom is -0.365 e. The van der Waals surface area contributed by atoms with Crippen molar-refractivity contribution in [1.29, 1.82) is 0 Å². The van der Waals surface area contributed by atoms with E-state index in [0.717, 1.165) is 6.42 Å². The van der Waals surface area contributed by atoms with Crippen molar-refractivity contribution in [3.05, 3.63) is 29.8 Å². The van der Waals surface area contributed by atoms with Gasteiger partial charge in [0.1, 0.15) is 17.3 Å². The SMILES string of the molecule is CCNC(=NCCCF)NC1CCN(c2c(F)cccc2F)C1.I. The highest BCUT2D eigenvalue weighted by molar-refractivity contribution is 14.0. The predicted molar refractivity (Wildman–Crippen MR) is 102 cm³/mol. The van der Waals surface area contributed by atoms with E-state index in [9.17, 15) is 13.2 Å².